The summed E-state index contributed by atoms with van der Waals surface area (Å²) in [7, 11) is -3.87. The predicted octanol–water partition coefficient (Wildman–Crippen LogP) is 3.56. The fourth-order valence-electron chi connectivity index (χ4n) is 1.96. The molecule has 0 aromatic heterocycles. The normalized spacial score (nSPS) is 11.2. The SMILES string of the molecule is Cc1cc(S(=O)(=O)Nc2c(C)cccc2C(=O)O)ccc1Br. The van der Waals surface area contributed by atoms with Crippen LogP contribution in [0.1, 0.15) is 21.5 Å². The van der Waals surface area contributed by atoms with Crippen molar-refractivity contribution in [3.8, 4) is 0 Å². The zero-order valence-electron chi connectivity index (χ0n) is 11.9. The molecule has 0 bridgehead atoms. The number of carboxylic acid groups (broad SMARTS) is 1. The molecule has 22 heavy (non-hydrogen) atoms. The second-order valence-corrected chi connectivity index (χ2v) is 7.36. The highest BCUT2D eigenvalue weighted by molar-refractivity contribution is 9.10. The first-order chi connectivity index (χ1) is 10.2. The van der Waals surface area contributed by atoms with E-state index >= 15 is 0 Å². The third-order valence-electron chi connectivity index (χ3n) is 3.18. The van der Waals surface area contributed by atoms with Crippen molar-refractivity contribution in [3.05, 3.63) is 57.6 Å². The minimum atomic E-state index is -3.87. The summed E-state index contributed by atoms with van der Waals surface area (Å²) in [6, 6.07) is 9.20. The first-order valence-electron chi connectivity index (χ1n) is 6.34. The molecule has 0 heterocycles. The van der Waals surface area contributed by atoms with Crippen molar-refractivity contribution in [2.45, 2.75) is 18.7 Å². The van der Waals surface area contributed by atoms with Crippen molar-refractivity contribution < 1.29 is 18.3 Å². The average Bonchev–Trinajstić information content (AvgIpc) is 2.43. The fourth-order valence-corrected chi connectivity index (χ4v) is 3.44. The van der Waals surface area contributed by atoms with Crippen LogP contribution in [0.25, 0.3) is 0 Å². The second-order valence-electron chi connectivity index (χ2n) is 4.82. The van der Waals surface area contributed by atoms with Gasteiger partial charge >= 0.3 is 5.97 Å². The number of hydrogen-bond acceptors (Lipinski definition) is 3. The average molecular weight is 384 g/mol. The number of carboxylic acids is 1. The Balaban J connectivity index is 2.50. The molecule has 0 radical (unpaired) electrons. The highest BCUT2D eigenvalue weighted by Gasteiger charge is 2.20. The van der Waals surface area contributed by atoms with E-state index in [0.717, 1.165) is 10.0 Å². The minimum Gasteiger partial charge on any atom is -0.478 e. The summed E-state index contributed by atoms with van der Waals surface area (Å²) < 4.78 is 28.1. The second kappa shape index (κ2) is 6.10. The molecule has 5 nitrogen and oxygen atoms in total. The van der Waals surface area contributed by atoms with Crippen LogP contribution in [0.2, 0.25) is 0 Å². The lowest BCUT2D eigenvalue weighted by atomic mass is 10.1. The lowest BCUT2D eigenvalue weighted by Crippen LogP contribution is -2.16. The molecule has 0 aliphatic rings. The zero-order valence-corrected chi connectivity index (χ0v) is 14.3. The number of benzene rings is 2. The number of anilines is 1. The Morgan fingerprint density at radius 1 is 1.14 bits per heavy atom. The largest absolute Gasteiger partial charge is 0.478 e. The molecular formula is C15H14BrNO4S. The van der Waals surface area contributed by atoms with Crippen molar-refractivity contribution in [2.75, 3.05) is 4.72 Å². The van der Waals surface area contributed by atoms with Gasteiger partial charge in [0.25, 0.3) is 10.0 Å². The van der Waals surface area contributed by atoms with Gasteiger partial charge in [-0.15, -0.1) is 0 Å². The lowest BCUT2D eigenvalue weighted by molar-refractivity contribution is 0.0698. The molecule has 2 rings (SSSR count). The van der Waals surface area contributed by atoms with E-state index in [1.54, 1.807) is 32.0 Å². The van der Waals surface area contributed by atoms with Gasteiger partial charge in [0.1, 0.15) is 0 Å². The lowest BCUT2D eigenvalue weighted by Gasteiger charge is -2.13. The quantitative estimate of drug-likeness (QED) is 0.844. The maximum atomic E-state index is 12.5. The van der Waals surface area contributed by atoms with Crippen LogP contribution in [0, 0.1) is 13.8 Å². The molecule has 0 fully saturated rings. The molecule has 0 saturated heterocycles. The maximum Gasteiger partial charge on any atom is 0.337 e. The summed E-state index contributed by atoms with van der Waals surface area (Å²) in [6.07, 6.45) is 0. The van der Waals surface area contributed by atoms with Crippen molar-refractivity contribution in [3.63, 3.8) is 0 Å². The van der Waals surface area contributed by atoms with E-state index in [4.69, 9.17) is 0 Å². The van der Waals surface area contributed by atoms with Crippen LogP contribution in [-0.2, 0) is 10.0 Å². The minimum absolute atomic E-state index is 0.0767. The van der Waals surface area contributed by atoms with Gasteiger partial charge in [-0.2, -0.15) is 0 Å². The van der Waals surface area contributed by atoms with Gasteiger partial charge in [0.2, 0.25) is 0 Å². The van der Waals surface area contributed by atoms with E-state index in [1.165, 1.54) is 18.2 Å². The van der Waals surface area contributed by atoms with E-state index in [-0.39, 0.29) is 16.1 Å². The number of nitrogens with one attached hydrogen (secondary N) is 1. The number of aromatic carboxylic acids is 1. The summed E-state index contributed by atoms with van der Waals surface area (Å²) >= 11 is 3.31. The molecule has 0 atom stereocenters. The smallest absolute Gasteiger partial charge is 0.337 e. The molecule has 0 aliphatic carbocycles. The predicted molar refractivity (Wildman–Crippen MR) is 87.8 cm³/mol. The Labute approximate surface area is 137 Å². The number of aryl methyl sites for hydroxylation is 2. The first kappa shape index (κ1) is 16.5. The third-order valence-corrected chi connectivity index (χ3v) is 5.42. The fraction of sp³-hybridized carbons (Fsp3) is 0.133. The van der Waals surface area contributed by atoms with E-state index in [0.29, 0.717) is 5.56 Å². The van der Waals surface area contributed by atoms with Crippen molar-refractivity contribution in [1.29, 1.82) is 0 Å². The standard InChI is InChI=1S/C15H14BrNO4S/c1-9-4-3-5-12(15(18)19)14(9)17-22(20,21)11-6-7-13(16)10(2)8-11/h3-8,17H,1-2H3,(H,18,19). The van der Waals surface area contributed by atoms with Crippen LogP contribution in [0.15, 0.2) is 45.8 Å². The number of halogens is 1. The molecule has 2 N–H and O–H groups in total. The van der Waals surface area contributed by atoms with Gasteiger partial charge in [0.05, 0.1) is 16.1 Å². The highest BCUT2D eigenvalue weighted by Crippen LogP contribution is 2.26. The molecule has 2 aromatic rings. The summed E-state index contributed by atoms with van der Waals surface area (Å²) in [5, 5.41) is 9.20. The maximum absolute atomic E-state index is 12.5. The molecule has 0 spiro atoms. The summed E-state index contributed by atoms with van der Waals surface area (Å²) in [6.45, 7) is 3.43. The molecule has 0 aliphatic heterocycles. The van der Waals surface area contributed by atoms with Crippen LogP contribution >= 0.6 is 15.9 Å². The van der Waals surface area contributed by atoms with Crippen molar-refractivity contribution in [1.82, 2.24) is 0 Å². The molecule has 0 unspecified atom stereocenters. The summed E-state index contributed by atoms with van der Waals surface area (Å²) in [5.74, 6) is -1.19. The van der Waals surface area contributed by atoms with Gasteiger partial charge < -0.3 is 5.11 Å². The Morgan fingerprint density at radius 2 is 1.82 bits per heavy atom. The Morgan fingerprint density at radius 3 is 2.41 bits per heavy atom. The van der Waals surface area contributed by atoms with Crippen molar-refractivity contribution in [2.24, 2.45) is 0 Å². The molecule has 2 aromatic carbocycles. The summed E-state index contributed by atoms with van der Waals surface area (Å²) in [4.78, 5) is 11.3. The van der Waals surface area contributed by atoms with E-state index in [9.17, 15) is 18.3 Å². The monoisotopic (exact) mass is 383 g/mol. The van der Waals surface area contributed by atoms with Crippen molar-refractivity contribution >= 4 is 37.6 Å². The zero-order chi connectivity index (χ0) is 16.5. The van der Waals surface area contributed by atoms with Gasteiger partial charge in [-0.05, 0) is 49.2 Å². The van der Waals surface area contributed by atoms with Crippen LogP contribution in [-0.4, -0.2) is 19.5 Å². The first-order valence-corrected chi connectivity index (χ1v) is 8.62. The van der Waals surface area contributed by atoms with Gasteiger partial charge in [0, 0.05) is 4.47 Å². The molecule has 0 amide bonds. The molecular weight excluding hydrogens is 370 g/mol. The van der Waals surface area contributed by atoms with Gasteiger partial charge in [-0.25, -0.2) is 13.2 Å². The number of carbonyl (C=O) groups is 1. The Kier molecular flexibility index (Phi) is 4.58. The topological polar surface area (TPSA) is 83.5 Å². The van der Waals surface area contributed by atoms with E-state index in [2.05, 4.69) is 20.7 Å². The third kappa shape index (κ3) is 3.31. The van der Waals surface area contributed by atoms with Gasteiger partial charge in [-0.1, -0.05) is 28.1 Å². The van der Waals surface area contributed by atoms with Gasteiger partial charge in [-0.3, -0.25) is 4.72 Å². The van der Waals surface area contributed by atoms with Gasteiger partial charge in [0.15, 0.2) is 0 Å². The van der Waals surface area contributed by atoms with Crippen LogP contribution in [0.3, 0.4) is 0 Å². The number of para-hydroxylation sites is 1. The van der Waals surface area contributed by atoms with Crippen LogP contribution in [0.5, 0.6) is 0 Å². The van der Waals surface area contributed by atoms with E-state index < -0.39 is 16.0 Å². The number of hydrogen-bond donors (Lipinski definition) is 2. The van der Waals surface area contributed by atoms with Crippen LogP contribution in [0.4, 0.5) is 5.69 Å². The number of rotatable bonds is 4. The Bertz CT molecular complexity index is 847. The Hall–Kier alpha value is -1.86. The molecule has 7 heteroatoms. The molecule has 0 saturated carbocycles. The highest BCUT2D eigenvalue weighted by atomic mass is 79.9. The summed E-state index contributed by atoms with van der Waals surface area (Å²) in [5.41, 5.74) is 1.30. The molecule has 116 valence electrons. The number of sulfonamides is 1. The van der Waals surface area contributed by atoms with Crippen LogP contribution < -0.4 is 4.72 Å². The van der Waals surface area contributed by atoms with E-state index in [1.807, 2.05) is 0 Å².